The molecule has 0 unspecified atom stereocenters. The molecule has 1 aromatic heterocycles. The third-order valence-corrected chi connectivity index (χ3v) is 3.88. The Morgan fingerprint density at radius 2 is 1.92 bits per heavy atom. The van der Waals surface area contributed by atoms with E-state index in [0.29, 0.717) is 15.4 Å². The molecular weight excluding hydrogens is 258 g/mol. The first-order valence-electron chi connectivity index (χ1n) is 3.65. The molecule has 13 heavy (non-hydrogen) atoms. The van der Waals surface area contributed by atoms with Gasteiger partial charge in [0.25, 0.3) is 0 Å². The molecule has 0 nitrogen and oxygen atoms in total. The molecular formula is C9H5BrF2S. The van der Waals surface area contributed by atoms with Gasteiger partial charge in [-0.15, -0.1) is 11.3 Å². The van der Waals surface area contributed by atoms with Gasteiger partial charge in [-0.1, -0.05) is 15.9 Å². The number of halogens is 3. The molecule has 0 bridgehead atoms. The highest BCUT2D eigenvalue weighted by atomic mass is 79.9. The van der Waals surface area contributed by atoms with Crippen LogP contribution in [0.1, 0.15) is 4.88 Å². The molecule has 1 heterocycles. The van der Waals surface area contributed by atoms with Gasteiger partial charge < -0.3 is 0 Å². The van der Waals surface area contributed by atoms with Crippen molar-refractivity contribution in [2.24, 2.45) is 0 Å². The highest BCUT2D eigenvalue weighted by Gasteiger charge is 2.09. The Morgan fingerprint density at radius 3 is 2.54 bits per heavy atom. The SMILES string of the molecule is Fc1ccc(F)c2sc(CBr)cc12. The Morgan fingerprint density at radius 1 is 1.23 bits per heavy atom. The fourth-order valence-corrected chi connectivity index (χ4v) is 2.61. The van der Waals surface area contributed by atoms with Crippen LogP contribution in [-0.4, -0.2) is 0 Å². The molecule has 2 aromatic rings. The van der Waals surface area contributed by atoms with Gasteiger partial charge in [-0.25, -0.2) is 8.78 Å². The number of thiophene rings is 1. The molecule has 0 N–H and O–H groups in total. The van der Waals surface area contributed by atoms with E-state index < -0.39 is 0 Å². The van der Waals surface area contributed by atoms with E-state index in [1.807, 2.05) is 0 Å². The van der Waals surface area contributed by atoms with Gasteiger partial charge in [0.05, 0.1) is 4.70 Å². The number of rotatable bonds is 1. The zero-order valence-corrected chi connectivity index (χ0v) is 8.88. The van der Waals surface area contributed by atoms with E-state index in [1.165, 1.54) is 11.3 Å². The number of benzene rings is 1. The van der Waals surface area contributed by atoms with Gasteiger partial charge in [-0.3, -0.25) is 0 Å². The molecule has 0 aliphatic carbocycles. The van der Waals surface area contributed by atoms with E-state index in [1.54, 1.807) is 6.07 Å². The zero-order valence-electron chi connectivity index (χ0n) is 6.48. The molecule has 0 aliphatic rings. The van der Waals surface area contributed by atoms with Gasteiger partial charge in [0, 0.05) is 15.6 Å². The van der Waals surface area contributed by atoms with Gasteiger partial charge in [-0.2, -0.15) is 0 Å². The highest BCUT2D eigenvalue weighted by molar-refractivity contribution is 9.08. The van der Waals surface area contributed by atoms with Crippen LogP contribution in [0.2, 0.25) is 0 Å². The van der Waals surface area contributed by atoms with Crippen molar-refractivity contribution in [3.8, 4) is 0 Å². The lowest BCUT2D eigenvalue weighted by Gasteiger charge is -1.91. The van der Waals surface area contributed by atoms with Crippen LogP contribution in [0.5, 0.6) is 0 Å². The molecule has 0 atom stereocenters. The summed E-state index contributed by atoms with van der Waals surface area (Å²) in [6.07, 6.45) is 0. The number of fused-ring (bicyclic) bond motifs is 1. The Hall–Kier alpha value is -0.480. The van der Waals surface area contributed by atoms with Gasteiger partial charge in [-0.05, 0) is 18.2 Å². The molecule has 0 radical (unpaired) electrons. The lowest BCUT2D eigenvalue weighted by atomic mass is 10.2. The summed E-state index contributed by atoms with van der Waals surface area (Å²) >= 11 is 4.53. The van der Waals surface area contributed by atoms with Crippen molar-refractivity contribution in [1.82, 2.24) is 0 Å². The Kier molecular flexibility index (Phi) is 2.34. The molecule has 0 aliphatic heterocycles. The first-order valence-corrected chi connectivity index (χ1v) is 5.58. The Labute approximate surface area is 86.3 Å². The van der Waals surface area contributed by atoms with Crippen LogP contribution in [0.4, 0.5) is 8.78 Å². The maximum absolute atomic E-state index is 13.1. The third kappa shape index (κ3) is 1.48. The van der Waals surface area contributed by atoms with Gasteiger partial charge in [0.2, 0.25) is 0 Å². The normalized spacial score (nSPS) is 11.0. The minimum Gasteiger partial charge on any atom is -0.206 e. The van der Waals surface area contributed by atoms with E-state index in [0.717, 1.165) is 17.0 Å². The summed E-state index contributed by atoms with van der Waals surface area (Å²) < 4.78 is 26.7. The standard InChI is InChI=1S/C9H5BrF2S/c10-4-5-3-6-7(11)1-2-8(12)9(6)13-5/h1-3H,4H2. The van der Waals surface area contributed by atoms with E-state index >= 15 is 0 Å². The fraction of sp³-hybridized carbons (Fsp3) is 0.111. The number of hydrogen-bond acceptors (Lipinski definition) is 1. The van der Waals surface area contributed by atoms with Gasteiger partial charge >= 0.3 is 0 Å². The van der Waals surface area contributed by atoms with E-state index in [9.17, 15) is 8.78 Å². The van der Waals surface area contributed by atoms with Crippen LogP contribution in [0.3, 0.4) is 0 Å². The second kappa shape index (κ2) is 3.35. The number of hydrogen-bond donors (Lipinski definition) is 0. The van der Waals surface area contributed by atoms with Gasteiger partial charge in [0.1, 0.15) is 11.6 Å². The average Bonchev–Trinajstić information content (AvgIpc) is 2.56. The zero-order chi connectivity index (χ0) is 9.42. The summed E-state index contributed by atoms with van der Waals surface area (Å²) in [5.74, 6) is -0.714. The van der Waals surface area contributed by atoms with Crippen LogP contribution >= 0.6 is 27.3 Å². The number of alkyl halides is 1. The van der Waals surface area contributed by atoms with Crippen molar-refractivity contribution in [2.45, 2.75) is 5.33 Å². The molecule has 0 spiro atoms. The largest absolute Gasteiger partial charge is 0.206 e. The topological polar surface area (TPSA) is 0 Å². The van der Waals surface area contributed by atoms with Crippen molar-refractivity contribution in [3.05, 3.63) is 34.7 Å². The summed E-state index contributed by atoms with van der Waals surface area (Å²) in [6, 6.07) is 3.99. The van der Waals surface area contributed by atoms with E-state index in [4.69, 9.17) is 0 Å². The maximum atomic E-state index is 13.1. The fourth-order valence-electron chi connectivity index (χ4n) is 1.17. The first kappa shape index (κ1) is 9.09. The Bertz CT molecular complexity index is 411. The summed E-state index contributed by atoms with van der Waals surface area (Å²) in [5, 5.41) is 1.00. The summed E-state index contributed by atoms with van der Waals surface area (Å²) in [6.45, 7) is 0. The first-order chi connectivity index (χ1) is 6.22. The summed E-state index contributed by atoms with van der Waals surface area (Å²) in [7, 11) is 0. The van der Waals surface area contributed by atoms with Crippen molar-refractivity contribution >= 4 is 37.4 Å². The molecule has 68 valence electrons. The minimum absolute atomic E-state index is 0.353. The van der Waals surface area contributed by atoms with E-state index in [2.05, 4.69) is 15.9 Å². The smallest absolute Gasteiger partial charge is 0.141 e. The second-order valence-corrected chi connectivity index (χ2v) is 4.32. The highest BCUT2D eigenvalue weighted by Crippen LogP contribution is 2.30. The second-order valence-electron chi connectivity index (χ2n) is 2.62. The van der Waals surface area contributed by atoms with Crippen LogP contribution in [0, 0.1) is 11.6 Å². The molecule has 0 fully saturated rings. The molecule has 2 rings (SSSR count). The van der Waals surface area contributed by atoms with Crippen molar-refractivity contribution in [3.63, 3.8) is 0 Å². The van der Waals surface area contributed by atoms with Crippen LogP contribution in [0.25, 0.3) is 10.1 Å². The average molecular weight is 263 g/mol. The quantitative estimate of drug-likeness (QED) is 0.680. The lowest BCUT2D eigenvalue weighted by Crippen LogP contribution is -1.77. The van der Waals surface area contributed by atoms with Gasteiger partial charge in [0.15, 0.2) is 0 Å². The molecule has 0 saturated carbocycles. The summed E-state index contributed by atoms with van der Waals surface area (Å²) in [4.78, 5) is 0.930. The van der Waals surface area contributed by atoms with Crippen molar-refractivity contribution in [2.75, 3.05) is 0 Å². The van der Waals surface area contributed by atoms with Crippen LogP contribution < -0.4 is 0 Å². The molecule has 0 saturated heterocycles. The maximum Gasteiger partial charge on any atom is 0.141 e. The van der Waals surface area contributed by atoms with Crippen LogP contribution in [0.15, 0.2) is 18.2 Å². The van der Waals surface area contributed by atoms with Crippen LogP contribution in [-0.2, 0) is 5.33 Å². The molecule has 0 amide bonds. The van der Waals surface area contributed by atoms with Crippen molar-refractivity contribution < 1.29 is 8.78 Å². The third-order valence-electron chi connectivity index (χ3n) is 1.77. The monoisotopic (exact) mass is 262 g/mol. The van der Waals surface area contributed by atoms with Crippen molar-refractivity contribution in [1.29, 1.82) is 0 Å². The minimum atomic E-state index is -0.361. The predicted octanol–water partition coefficient (Wildman–Crippen LogP) is 4.07. The lowest BCUT2D eigenvalue weighted by molar-refractivity contribution is 0.619. The van der Waals surface area contributed by atoms with E-state index in [-0.39, 0.29) is 11.6 Å². The molecule has 1 aromatic carbocycles. The summed E-state index contributed by atoms with van der Waals surface area (Å²) in [5.41, 5.74) is 0. The molecule has 4 heteroatoms. The predicted molar refractivity (Wildman–Crippen MR) is 54.4 cm³/mol. The Balaban J connectivity index is 2.80.